The van der Waals surface area contributed by atoms with Crippen molar-refractivity contribution in [2.75, 3.05) is 18.0 Å². The van der Waals surface area contributed by atoms with Gasteiger partial charge in [0.2, 0.25) is 0 Å². The fraction of sp³-hybridized carbons (Fsp3) is 0.344. The van der Waals surface area contributed by atoms with Gasteiger partial charge in [0.1, 0.15) is 23.6 Å². The number of piperidine rings is 1. The van der Waals surface area contributed by atoms with Crippen LogP contribution >= 0.6 is 0 Å². The molecule has 0 bridgehead atoms. The maximum absolute atomic E-state index is 13.0. The Morgan fingerprint density at radius 2 is 1.55 bits per heavy atom. The molecule has 2 aliphatic rings. The summed E-state index contributed by atoms with van der Waals surface area (Å²) < 4.78 is 40.9. The van der Waals surface area contributed by atoms with Gasteiger partial charge in [-0.3, -0.25) is 9.48 Å². The summed E-state index contributed by atoms with van der Waals surface area (Å²) in [6.07, 6.45) is -4.03. The highest BCUT2D eigenvalue weighted by Gasteiger charge is 2.49. The maximum atomic E-state index is 13.0. The Kier molecular flexibility index (Phi) is 7.14. The van der Waals surface area contributed by atoms with Gasteiger partial charge in [0.25, 0.3) is 0 Å². The van der Waals surface area contributed by atoms with Crippen molar-refractivity contribution in [3.05, 3.63) is 113 Å². The Hall–Kier alpha value is -4.02. The highest BCUT2D eigenvalue weighted by Crippen LogP contribution is 2.44. The van der Waals surface area contributed by atoms with Crippen LogP contribution in [0.5, 0.6) is 0 Å². The van der Waals surface area contributed by atoms with Crippen LogP contribution in [0, 0.1) is 0 Å². The number of aromatic nitrogens is 3. The zero-order valence-electron chi connectivity index (χ0n) is 23.0. The van der Waals surface area contributed by atoms with E-state index >= 15 is 0 Å². The first-order chi connectivity index (χ1) is 20.1. The molecule has 6 rings (SSSR count). The van der Waals surface area contributed by atoms with Gasteiger partial charge in [0, 0.05) is 30.8 Å². The Labute approximate surface area is 241 Å². The minimum absolute atomic E-state index is 0.0653. The zero-order valence-corrected chi connectivity index (χ0v) is 23.0. The first-order valence-corrected chi connectivity index (χ1v) is 14.0. The van der Waals surface area contributed by atoms with Crippen molar-refractivity contribution in [2.24, 2.45) is 0 Å². The van der Waals surface area contributed by atoms with Gasteiger partial charge in [-0.25, -0.2) is 4.98 Å². The number of alkyl halides is 3. The normalized spacial score (nSPS) is 21.5. The molecule has 0 radical (unpaired) electrons. The van der Waals surface area contributed by atoms with Crippen LogP contribution in [0.15, 0.2) is 79.0 Å². The first-order valence-electron chi connectivity index (χ1n) is 14.0. The summed E-state index contributed by atoms with van der Waals surface area (Å²) >= 11 is 0. The highest BCUT2D eigenvalue weighted by molar-refractivity contribution is 5.88. The summed E-state index contributed by atoms with van der Waals surface area (Å²) in [4.78, 5) is 18.9. The minimum Gasteiger partial charge on any atom is -0.382 e. The summed E-state index contributed by atoms with van der Waals surface area (Å²) in [7, 11) is 0. The van der Waals surface area contributed by atoms with Gasteiger partial charge in [0.05, 0.1) is 23.4 Å². The molecule has 1 aliphatic heterocycles. The van der Waals surface area contributed by atoms with Crippen LogP contribution in [-0.2, 0) is 23.0 Å². The summed E-state index contributed by atoms with van der Waals surface area (Å²) in [5.74, 6) is -0.108. The van der Waals surface area contributed by atoms with Crippen LogP contribution in [0.2, 0.25) is 0 Å². The summed E-state index contributed by atoms with van der Waals surface area (Å²) in [5, 5.41) is 27.5. The van der Waals surface area contributed by atoms with Crippen LogP contribution in [0.25, 0.3) is 0 Å². The number of fused-ring (bicyclic) bond motifs is 1. The molecule has 2 unspecified atom stereocenters. The standard InChI is InChI=1S/C32H31F3N4O3/c1-31(42)27-24(18-25(40)30(31)41)39(29(21-8-4-2-5-9-21)22-10-6-3-7-11-22)37-28(27)20-14-16-38(17-15-20)26-13-12-23(19-36-26)32(33,34)35/h2-13,19-20,29-30,41-42H,14-18H2,1H3. The number of halogens is 3. The number of aliphatic hydroxyl groups is 2. The van der Waals surface area contributed by atoms with E-state index in [9.17, 15) is 28.2 Å². The molecule has 2 N–H and O–H groups in total. The molecule has 0 amide bonds. The largest absolute Gasteiger partial charge is 0.417 e. The SMILES string of the molecule is CC1(O)c2c(C3CCN(c4ccc(C(F)(F)F)cn4)CC3)nn(C(c3ccccc3)c3ccccc3)c2CC(=O)C1O. The third kappa shape index (κ3) is 4.98. The molecule has 1 fully saturated rings. The van der Waals surface area contributed by atoms with Crippen LogP contribution in [0.4, 0.5) is 19.0 Å². The molecule has 3 heterocycles. The fourth-order valence-corrected chi connectivity index (χ4v) is 6.29. The lowest BCUT2D eigenvalue weighted by Gasteiger charge is -2.36. The van der Waals surface area contributed by atoms with E-state index in [1.165, 1.54) is 13.0 Å². The van der Waals surface area contributed by atoms with Gasteiger partial charge in [-0.05, 0) is 43.0 Å². The van der Waals surface area contributed by atoms with Gasteiger partial charge in [-0.2, -0.15) is 18.3 Å². The molecule has 2 aromatic heterocycles. The lowest BCUT2D eigenvalue weighted by atomic mass is 9.76. The van der Waals surface area contributed by atoms with Crippen LogP contribution in [0.3, 0.4) is 0 Å². The molecule has 10 heteroatoms. The van der Waals surface area contributed by atoms with E-state index in [2.05, 4.69) is 4.98 Å². The van der Waals surface area contributed by atoms with Crippen molar-refractivity contribution >= 4 is 11.6 Å². The predicted octanol–water partition coefficient (Wildman–Crippen LogP) is 5.01. The van der Waals surface area contributed by atoms with Crippen molar-refractivity contribution in [1.82, 2.24) is 14.8 Å². The molecule has 1 saturated heterocycles. The smallest absolute Gasteiger partial charge is 0.382 e. The third-order valence-corrected chi connectivity index (χ3v) is 8.48. The average Bonchev–Trinajstić information content (AvgIpc) is 3.37. The van der Waals surface area contributed by atoms with E-state index in [4.69, 9.17) is 5.10 Å². The number of hydrogen-bond donors (Lipinski definition) is 2. The van der Waals surface area contributed by atoms with Gasteiger partial charge in [-0.15, -0.1) is 0 Å². The van der Waals surface area contributed by atoms with Crippen molar-refractivity contribution < 1.29 is 28.2 Å². The number of ketones is 1. The number of benzene rings is 2. The van der Waals surface area contributed by atoms with E-state index in [0.29, 0.717) is 48.7 Å². The molecule has 7 nitrogen and oxygen atoms in total. The molecule has 4 aromatic rings. The number of pyridine rings is 1. The number of hydrogen-bond acceptors (Lipinski definition) is 6. The molecule has 0 spiro atoms. The third-order valence-electron chi connectivity index (χ3n) is 8.48. The van der Waals surface area contributed by atoms with Crippen molar-refractivity contribution in [2.45, 2.75) is 56.0 Å². The van der Waals surface area contributed by atoms with Crippen LogP contribution in [0.1, 0.15) is 65.4 Å². The zero-order chi connectivity index (χ0) is 29.6. The van der Waals surface area contributed by atoms with E-state index in [1.54, 1.807) is 0 Å². The maximum Gasteiger partial charge on any atom is 0.417 e. The number of carbonyl (C=O) groups excluding carboxylic acids is 1. The van der Waals surface area contributed by atoms with Gasteiger partial charge < -0.3 is 15.1 Å². The summed E-state index contributed by atoms with van der Waals surface area (Å²) in [6.45, 7) is 2.51. The Balaban J connectivity index is 1.39. The monoisotopic (exact) mass is 576 g/mol. The molecule has 1 aliphatic carbocycles. The number of nitrogens with zero attached hydrogens (tertiary/aromatic N) is 4. The lowest BCUT2D eigenvalue weighted by Crippen LogP contribution is -2.48. The number of aliphatic hydroxyl groups excluding tert-OH is 1. The molecule has 2 aromatic carbocycles. The minimum atomic E-state index is -4.45. The number of carbonyl (C=O) groups is 1. The highest BCUT2D eigenvalue weighted by atomic mass is 19.4. The van der Waals surface area contributed by atoms with Gasteiger partial charge in [0.15, 0.2) is 5.78 Å². The van der Waals surface area contributed by atoms with Crippen LogP contribution in [-0.4, -0.2) is 50.0 Å². The second-order valence-corrected chi connectivity index (χ2v) is 11.2. The number of rotatable bonds is 5. The Bertz CT molecular complexity index is 1520. The van der Waals surface area contributed by atoms with E-state index in [0.717, 1.165) is 23.4 Å². The Morgan fingerprint density at radius 3 is 2.07 bits per heavy atom. The van der Waals surface area contributed by atoms with Crippen molar-refractivity contribution in [3.8, 4) is 0 Å². The summed E-state index contributed by atoms with van der Waals surface area (Å²) in [6, 6.07) is 21.7. The molecular weight excluding hydrogens is 545 g/mol. The fourth-order valence-electron chi connectivity index (χ4n) is 6.29. The van der Waals surface area contributed by atoms with Gasteiger partial charge >= 0.3 is 6.18 Å². The average molecular weight is 577 g/mol. The van der Waals surface area contributed by atoms with Crippen LogP contribution < -0.4 is 4.90 Å². The van der Waals surface area contributed by atoms with E-state index < -0.39 is 29.2 Å². The second kappa shape index (κ2) is 10.7. The Morgan fingerprint density at radius 1 is 0.952 bits per heavy atom. The lowest BCUT2D eigenvalue weighted by molar-refractivity contribution is -0.144. The molecule has 42 heavy (non-hydrogen) atoms. The second-order valence-electron chi connectivity index (χ2n) is 11.2. The topological polar surface area (TPSA) is 91.5 Å². The predicted molar refractivity (Wildman–Crippen MR) is 150 cm³/mol. The molecule has 218 valence electrons. The van der Waals surface area contributed by atoms with E-state index in [1.807, 2.05) is 70.2 Å². The van der Waals surface area contributed by atoms with Gasteiger partial charge in [-0.1, -0.05) is 60.7 Å². The summed E-state index contributed by atoms with van der Waals surface area (Å²) in [5.41, 5.74) is 0.997. The molecule has 2 atom stereocenters. The first kappa shape index (κ1) is 28.1. The van der Waals surface area contributed by atoms with Crippen molar-refractivity contribution in [3.63, 3.8) is 0 Å². The number of Topliss-reactive ketones (excluding diaryl/α,β-unsaturated/α-hetero) is 1. The number of anilines is 1. The van der Waals surface area contributed by atoms with E-state index in [-0.39, 0.29) is 18.4 Å². The molecule has 0 saturated carbocycles. The van der Waals surface area contributed by atoms with Crippen molar-refractivity contribution in [1.29, 1.82) is 0 Å². The quantitative estimate of drug-likeness (QED) is 0.347. The molecular formula is C32H31F3N4O3.